The molecule has 0 aliphatic carbocycles. The Morgan fingerprint density at radius 2 is 1.71 bits per heavy atom. The number of halogens is 1. The van der Waals surface area contributed by atoms with E-state index in [4.69, 9.17) is 16.4 Å². The number of hydrogen-bond donors (Lipinski definition) is 1. The number of nitrogens with zero attached hydrogens (tertiary/aromatic N) is 1. The Hall–Kier alpha value is -0.430. The van der Waals surface area contributed by atoms with Crippen LogP contribution in [0.25, 0.3) is 0 Å². The van der Waals surface area contributed by atoms with Gasteiger partial charge in [0, 0.05) is 29.6 Å². The molecule has 0 saturated carbocycles. The summed E-state index contributed by atoms with van der Waals surface area (Å²) in [5.74, 6) is 1.26. The third kappa shape index (κ3) is 2.88. The first-order valence-electron chi connectivity index (χ1n) is 5.14. The van der Waals surface area contributed by atoms with Crippen LogP contribution in [0.1, 0.15) is 0 Å². The van der Waals surface area contributed by atoms with Gasteiger partial charge in [-0.05, 0) is 24.3 Å². The van der Waals surface area contributed by atoms with E-state index in [-0.39, 0.29) is 15.6 Å². The number of benzene rings is 1. The molecule has 94 valence electrons. The summed E-state index contributed by atoms with van der Waals surface area (Å²) in [4.78, 5) is 0.272. The summed E-state index contributed by atoms with van der Waals surface area (Å²) in [6.45, 7) is 0.884. The maximum atomic E-state index is 12.2. The largest absolute Gasteiger partial charge is 0.280 e. The van der Waals surface area contributed by atoms with Gasteiger partial charge in [0.15, 0.2) is 0 Å². The Bertz CT molecular complexity index is 518. The molecule has 1 heterocycles. The third-order valence-corrected chi connectivity index (χ3v) is 6.14. The molecule has 4 nitrogen and oxygen atoms in total. The van der Waals surface area contributed by atoms with Crippen LogP contribution in [0.3, 0.4) is 0 Å². The SMILES string of the molecule is N=S1CCN(S(=O)(=O)c2ccc(Cl)cc2)CC1. The van der Waals surface area contributed by atoms with Crippen molar-refractivity contribution in [2.24, 2.45) is 0 Å². The Balaban J connectivity index is 2.24. The second-order valence-corrected chi connectivity index (χ2v) is 7.94. The molecule has 0 amide bonds. The molecule has 7 heteroatoms. The topological polar surface area (TPSA) is 61.2 Å². The van der Waals surface area contributed by atoms with Crippen LogP contribution in [0, 0.1) is 4.78 Å². The van der Waals surface area contributed by atoms with Gasteiger partial charge in [0.05, 0.1) is 4.90 Å². The van der Waals surface area contributed by atoms with Crippen molar-refractivity contribution in [3.05, 3.63) is 29.3 Å². The molecule has 2 rings (SSSR count). The van der Waals surface area contributed by atoms with E-state index in [9.17, 15) is 8.42 Å². The molecule has 1 aliphatic heterocycles. The summed E-state index contributed by atoms with van der Waals surface area (Å²) in [5, 5.41) is 0.523. The minimum absolute atomic E-state index is 0.272. The fraction of sp³-hybridized carbons (Fsp3) is 0.400. The monoisotopic (exact) mass is 292 g/mol. The lowest BCUT2D eigenvalue weighted by molar-refractivity contribution is 0.442. The summed E-state index contributed by atoms with van der Waals surface area (Å²) >= 11 is 5.73. The van der Waals surface area contributed by atoms with Crippen molar-refractivity contribution in [2.45, 2.75) is 4.90 Å². The second kappa shape index (κ2) is 5.06. The molecule has 17 heavy (non-hydrogen) atoms. The molecule has 0 unspecified atom stereocenters. The predicted molar refractivity (Wildman–Crippen MR) is 70.0 cm³/mol. The lowest BCUT2D eigenvalue weighted by Crippen LogP contribution is -2.41. The van der Waals surface area contributed by atoms with E-state index in [1.54, 1.807) is 12.1 Å². The van der Waals surface area contributed by atoms with Gasteiger partial charge >= 0.3 is 0 Å². The minimum Gasteiger partial charge on any atom is -0.280 e. The maximum absolute atomic E-state index is 12.2. The lowest BCUT2D eigenvalue weighted by atomic mass is 10.4. The van der Waals surface area contributed by atoms with Crippen molar-refractivity contribution in [3.8, 4) is 0 Å². The number of rotatable bonds is 2. The van der Waals surface area contributed by atoms with Gasteiger partial charge in [0.25, 0.3) is 0 Å². The van der Waals surface area contributed by atoms with Crippen LogP contribution in [-0.2, 0) is 20.7 Å². The highest BCUT2D eigenvalue weighted by Crippen LogP contribution is 2.19. The molecule has 1 aliphatic rings. The summed E-state index contributed by atoms with van der Waals surface area (Å²) < 4.78 is 33.5. The molecule has 0 bridgehead atoms. The van der Waals surface area contributed by atoms with Gasteiger partial charge in [-0.2, -0.15) is 4.31 Å². The quantitative estimate of drug-likeness (QED) is 0.902. The van der Waals surface area contributed by atoms with Gasteiger partial charge < -0.3 is 0 Å². The minimum atomic E-state index is -3.41. The van der Waals surface area contributed by atoms with E-state index in [0.29, 0.717) is 29.6 Å². The zero-order chi connectivity index (χ0) is 12.5. The van der Waals surface area contributed by atoms with Gasteiger partial charge in [-0.15, -0.1) is 10.7 Å². The molecule has 1 N–H and O–H groups in total. The maximum Gasteiger partial charge on any atom is 0.243 e. The van der Waals surface area contributed by atoms with E-state index in [2.05, 4.69) is 0 Å². The highest BCUT2D eigenvalue weighted by Gasteiger charge is 2.26. The van der Waals surface area contributed by atoms with Crippen LogP contribution < -0.4 is 0 Å². The Morgan fingerprint density at radius 1 is 1.18 bits per heavy atom. The van der Waals surface area contributed by atoms with E-state index in [1.165, 1.54) is 16.4 Å². The van der Waals surface area contributed by atoms with E-state index >= 15 is 0 Å². The first-order chi connectivity index (χ1) is 8.00. The predicted octanol–water partition coefficient (Wildman–Crippen LogP) is 1.72. The molecule has 1 fully saturated rings. The van der Waals surface area contributed by atoms with Gasteiger partial charge in [-0.1, -0.05) is 11.6 Å². The first kappa shape index (κ1) is 13.0. The van der Waals surface area contributed by atoms with Crippen LogP contribution in [-0.4, -0.2) is 37.3 Å². The summed E-state index contributed by atoms with van der Waals surface area (Å²) in [7, 11) is -3.79. The standard InChI is InChI=1S/C10H13ClN2O2S2/c11-9-1-3-10(4-2-9)17(14,15)13-5-7-16(12)8-6-13/h1-4,12H,5-8H2. The van der Waals surface area contributed by atoms with Gasteiger partial charge in [0.1, 0.15) is 0 Å². The summed E-state index contributed by atoms with van der Waals surface area (Å²) in [6, 6.07) is 6.19. The van der Waals surface area contributed by atoms with Crippen molar-refractivity contribution in [1.82, 2.24) is 4.31 Å². The van der Waals surface area contributed by atoms with Crippen molar-refractivity contribution in [3.63, 3.8) is 0 Å². The third-order valence-electron chi connectivity index (χ3n) is 2.63. The molecule has 0 radical (unpaired) electrons. The number of hydrogen-bond acceptors (Lipinski definition) is 3. The Morgan fingerprint density at radius 3 is 2.24 bits per heavy atom. The normalized spacial score (nSPS) is 19.4. The molecular weight excluding hydrogens is 280 g/mol. The summed E-state index contributed by atoms with van der Waals surface area (Å²) in [6.07, 6.45) is 0. The van der Waals surface area contributed by atoms with E-state index < -0.39 is 10.0 Å². The van der Waals surface area contributed by atoms with Gasteiger partial charge in [-0.25, -0.2) is 8.42 Å². The lowest BCUT2D eigenvalue weighted by Gasteiger charge is -2.26. The molecule has 0 aromatic heterocycles. The summed E-state index contributed by atoms with van der Waals surface area (Å²) in [5.41, 5.74) is 0. The first-order valence-corrected chi connectivity index (χ1v) is 8.53. The Labute approximate surface area is 109 Å². The molecule has 0 atom stereocenters. The zero-order valence-corrected chi connectivity index (χ0v) is 11.5. The highest BCUT2D eigenvalue weighted by molar-refractivity contribution is 7.89. The molecule has 1 aromatic carbocycles. The fourth-order valence-corrected chi connectivity index (χ4v) is 4.52. The smallest absolute Gasteiger partial charge is 0.243 e. The molecule has 0 spiro atoms. The molecular formula is C10H13ClN2O2S2. The van der Waals surface area contributed by atoms with Crippen LogP contribution in [0.4, 0.5) is 0 Å². The van der Waals surface area contributed by atoms with Gasteiger partial charge in [-0.3, -0.25) is 4.78 Å². The second-order valence-electron chi connectivity index (χ2n) is 3.76. The van der Waals surface area contributed by atoms with Crippen LogP contribution in [0.2, 0.25) is 5.02 Å². The highest BCUT2D eigenvalue weighted by atomic mass is 35.5. The molecule has 1 aromatic rings. The van der Waals surface area contributed by atoms with E-state index in [1.807, 2.05) is 0 Å². The average Bonchev–Trinajstić information content (AvgIpc) is 2.30. The van der Waals surface area contributed by atoms with Crippen LogP contribution in [0.15, 0.2) is 29.2 Å². The van der Waals surface area contributed by atoms with Crippen LogP contribution >= 0.6 is 11.6 Å². The van der Waals surface area contributed by atoms with E-state index in [0.717, 1.165) is 0 Å². The van der Waals surface area contributed by atoms with Crippen LogP contribution in [0.5, 0.6) is 0 Å². The molecule has 1 saturated heterocycles. The average molecular weight is 293 g/mol. The Kier molecular flexibility index (Phi) is 3.87. The van der Waals surface area contributed by atoms with Crippen molar-refractivity contribution < 1.29 is 8.42 Å². The number of sulfonamides is 1. The number of nitrogens with one attached hydrogen (secondary N) is 1. The van der Waals surface area contributed by atoms with Crippen molar-refractivity contribution in [2.75, 3.05) is 24.6 Å². The van der Waals surface area contributed by atoms with Crippen molar-refractivity contribution >= 4 is 32.3 Å². The van der Waals surface area contributed by atoms with Gasteiger partial charge in [0.2, 0.25) is 10.0 Å². The fourth-order valence-electron chi connectivity index (χ4n) is 1.63. The van der Waals surface area contributed by atoms with Crippen molar-refractivity contribution in [1.29, 1.82) is 4.78 Å². The zero-order valence-electron chi connectivity index (χ0n) is 9.10.